The molecule has 3 heteroatoms. The second kappa shape index (κ2) is 6.69. The lowest BCUT2D eigenvalue weighted by Gasteiger charge is -2.05. The van der Waals surface area contributed by atoms with Crippen molar-refractivity contribution in [3.63, 3.8) is 0 Å². The van der Waals surface area contributed by atoms with Crippen LogP contribution in [-0.4, -0.2) is 17.3 Å². The van der Waals surface area contributed by atoms with Gasteiger partial charge in [-0.15, -0.1) is 0 Å². The summed E-state index contributed by atoms with van der Waals surface area (Å²) in [6.45, 7) is 4.00. The molecule has 0 spiro atoms. The number of hydrogen-bond acceptors (Lipinski definition) is 2. The Labute approximate surface area is 100 Å². The SMILES string of the molecule is CCCSCC(=O)Cc1cc(F)ccc1C. The van der Waals surface area contributed by atoms with Crippen molar-refractivity contribution in [2.45, 2.75) is 26.7 Å². The monoisotopic (exact) mass is 240 g/mol. The molecule has 0 aromatic heterocycles. The van der Waals surface area contributed by atoms with Crippen molar-refractivity contribution in [3.05, 3.63) is 35.1 Å². The van der Waals surface area contributed by atoms with E-state index in [9.17, 15) is 9.18 Å². The normalized spacial score (nSPS) is 10.4. The Hall–Kier alpha value is -0.830. The molecule has 0 unspecified atom stereocenters. The molecule has 0 atom stereocenters. The molecule has 0 bridgehead atoms. The average Bonchev–Trinajstić information content (AvgIpc) is 2.24. The first-order chi connectivity index (χ1) is 7.63. The van der Waals surface area contributed by atoms with Crippen molar-refractivity contribution < 1.29 is 9.18 Å². The molecule has 0 aliphatic rings. The molecule has 1 aromatic carbocycles. The fourth-order valence-corrected chi connectivity index (χ4v) is 2.19. The van der Waals surface area contributed by atoms with E-state index in [0.717, 1.165) is 23.3 Å². The molecule has 0 fully saturated rings. The molecule has 1 rings (SSSR count). The van der Waals surface area contributed by atoms with Gasteiger partial charge in [0.1, 0.15) is 11.6 Å². The average molecular weight is 240 g/mol. The zero-order valence-electron chi connectivity index (χ0n) is 9.75. The molecule has 0 radical (unpaired) electrons. The summed E-state index contributed by atoms with van der Waals surface area (Å²) < 4.78 is 13.0. The molecule has 0 N–H and O–H groups in total. The van der Waals surface area contributed by atoms with Crippen LogP contribution < -0.4 is 0 Å². The molecule has 0 saturated carbocycles. The van der Waals surface area contributed by atoms with Gasteiger partial charge in [-0.25, -0.2) is 4.39 Å². The van der Waals surface area contributed by atoms with E-state index in [1.165, 1.54) is 12.1 Å². The Morgan fingerprint density at radius 2 is 2.19 bits per heavy atom. The summed E-state index contributed by atoms with van der Waals surface area (Å²) in [5.74, 6) is 1.44. The lowest BCUT2D eigenvalue weighted by molar-refractivity contribution is -0.116. The summed E-state index contributed by atoms with van der Waals surface area (Å²) in [5, 5.41) is 0. The van der Waals surface area contributed by atoms with E-state index in [0.29, 0.717) is 12.2 Å². The summed E-state index contributed by atoms with van der Waals surface area (Å²) in [6, 6.07) is 4.60. The molecule has 0 amide bonds. The van der Waals surface area contributed by atoms with Crippen LogP contribution in [0.1, 0.15) is 24.5 Å². The lowest BCUT2D eigenvalue weighted by Crippen LogP contribution is -2.07. The van der Waals surface area contributed by atoms with Crippen LogP contribution in [0.5, 0.6) is 0 Å². The first-order valence-electron chi connectivity index (χ1n) is 5.48. The minimum absolute atomic E-state index is 0.173. The van der Waals surface area contributed by atoms with Crippen LogP contribution in [-0.2, 0) is 11.2 Å². The van der Waals surface area contributed by atoms with Crippen LogP contribution in [0.3, 0.4) is 0 Å². The molecule has 1 aromatic rings. The maximum atomic E-state index is 13.0. The number of hydrogen-bond donors (Lipinski definition) is 0. The third-order valence-corrected chi connectivity index (χ3v) is 3.53. The van der Waals surface area contributed by atoms with Crippen LogP contribution in [0.25, 0.3) is 0 Å². The van der Waals surface area contributed by atoms with E-state index in [1.807, 2.05) is 6.92 Å². The fourth-order valence-electron chi connectivity index (χ4n) is 1.42. The number of aryl methyl sites for hydroxylation is 1. The van der Waals surface area contributed by atoms with Crippen molar-refractivity contribution in [2.75, 3.05) is 11.5 Å². The number of Topliss-reactive ketones (excluding diaryl/α,β-unsaturated/α-hetero) is 1. The Morgan fingerprint density at radius 1 is 1.44 bits per heavy atom. The highest BCUT2D eigenvalue weighted by Crippen LogP contribution is 2.12. The van der Waals surface area contributed by atoms with Crippen LogP contribution in [0.2, 0.25) is 0 Å². The van der Waals surface area contributed by atoms with Gasteiger partial charge >= 0.3 is 0 Å². The molecule has 0 heterocycles. The second-order valence-electron chi connectivity index (χ2n) is 3.84. The highest BCUT2D eigenvalue weighted by Gasteiger charge is 2.07. The summed E-state index contributed by atoms with van der Waals surface area (Å²) in [7, 11) is 0. The van der Waals surface area contributed by atoms with Gasteiger partial charge in [0.05, 0.1) is 5.75 Å². The van der Waals surface area contributed by atoms with Crippen molar-refractivity contribution in [3.8, 4) is 0 Å². The van der Waals surface area contributed by atoms with Gasteiger partial charge in [0.15, 0.2) is 0 Å². The van der Waals surface area contributed by atoms with E-state index in [4.69, 9.17) is 0 Å². The predicted molar refractivity (Wildman–Crippen MR) is 67.5 cm³/mol. The maximum absolute atomic E-state index is 13.0. The van der Waals surface area contributed by atoms with Gasteiger partial charge in [0, 0.05) is 6.42 Å². The third-order valence-electron chi connectivity index (χ3n) is 2.31. The highest BCUT2D eigenvalue weighted by molar-refractivity contribution is 7.99. The van der Waals surface area contributed by atoms with Gasteiger partial charge in [-0.2, -0.15) is 11.8 Å². The smallest absolute Gasteiger partial charge is 0.147 e. The van der Waals surface area contributed by atoms with E-state index >= 15 is 0 Å². The van der Waals surface area contributed by atoms with Crippen LogP contribution in [0, 0.1) is 12.7 Å². The molecule has 0 aliphatic heterocycles. The quantitative estimate of drug-likeness (QED) is 0.709. The number of carbonyl (C=O) groups excluding carboxylic acids is 1. The second-order valence-corrected chi connectivity index (χ2v) is 4.94. The van der Waals surface area contributed by atoms with Crippen molar-refractivity contribution in [2.24, 2.45) is 0 Å². The van der Waals surface area contributed by atoms with Gasteiger partial charge in [0.2, 0.25) is 0 Å². The van der Waals surface area contributed by atoms with E-state index in [1.54, 1.807) is 17.8 Å². The number of carbonyl (C=O) groups is 1. The third kappa shape index (κ3) is 4.35. The number of benzene rings is 1. The molecule has 1 nitrogen and oxygen atoms in total. The van der Waals surface area contributed by atoms with Crippen molar-refractivity contribution >= 4 is 17.5 Å². The number of ketones is 1. The first kappa shape index (κ1) is 13.2. The highest BCUT2D eigenvalue weighted by atomic mass is 32.2. The first-order valence-corrected chi connectivity index (χ1v) is 6.63. The molecule has 0 saturated heterocycles. The van der Waals surface area contributed by atoms with Gasteiger partial charge in [-0.1, -0.05) is 13.0 Å². The van der Waals surface area contributed by atoms with E-state index < -0.39 is 0 Å². The van der Waals surface area contributed by atoms with Crippen molar-refractivity contribution in [1.82, 2.24) is 0 Å². The number of thioether (sulfide) groups is 1. The maximum Gasteiger partial charge on any atom is 0.147 e. The van der Waals surface area contributed by atoms with E-state index in [2.05, 4.69) is 6.92 Å². The summed E-state index contributed by atoms with van der Waals surface area (Å²) in [4.78, 5) is 11.6. The number of rotatable bonds is 6. The van der Waals surface area contributed by atoms with Gasteiger partial charge in [0.25, 0.3) is 0 Å². The molecule has 88 valence electrons. The van der Waals surface area contributed by atoms with Crippen LogP contribution >= 0.6 is 11.8 Å². The molecule has 16 heavy (non-hydrogen) atoms. The molecular weight excluding hydrogens is 223 g/mol. The molecular formula is C13H17FOS. The summed E-state index contributed by atoms with van der Waals surface area (Å²) in [6.07, 6.45) is 1.43. The zero-order valence-corrected chi connectivity index (χ0v) is 10.6. The topological polar surface area (TPSA) is 17.1 Å². The zero-order chi connectivity index (χ0) is 12.0. The number of halogens is 1. The summed E-state index contributed by atoms with van der Waals surface area (Å²) >= 11 is 1.65. The van der Waals surface area contributed by atoms with E-state index in [-0.39, 0.29) is 11.6 Å². The van der Waals surface area contributed by atoms with Gasteiger partial charge in [-0.3, -0.25) is 4.79 Å². The summed E-state index contributed by atoms with van der Waals surface area (Å²) in [5.41, 5.74) is 1.79. The minimum atomic E-state index is -0.269. The van der Waals surface area contributed by atoms with Crippen LogP contribution in [0.4, 0.5) is 4.39 Å². The van der Waals surface area contributed by atoms with Crippen LogP contribution in [0.15, 0.2) is 18.2 Å². The van der Waals surface area contributed by atoms with Gasteiger partial charge in [-0.05, 0) is 42.4 Å². The Kier molecular flexibility index (Phi) is 5.53. The standard InChI is InChI=1S/C13H17FOS/c1-3-6-16-9-13(15)8-11-7-12(14)5-4-10(11)2/h4-5,7H,3,6,8-9H2,1-2H3. The predicted octanol–water partition coefficient (Wildman–Crippen LogP) is 3.39. The fraction of sp³-hybridized carbons (Fsp3) is 0.462. The molecule has 0 aliphatic carbocycles. The van der Waals surface area contributed by atoms with Crippen molar-refractivity contribution in [1.29, 1.82) is 0 Å². The minimum Gasteiger partial charge on any atom is -0.298 e. The lowest BCUT2D eigenvalue weighted by atomic mass is 10.0. The largest absolute Gasteiger partial charge is 0.298 e. The Balaban J connectivity index is 2.52. The van der Waals surface area contributed by atoms with Gasteiger partial charge < -0.3 is 0 Å². The Morgan fingerprint density at radius 3 is 2.88 bits per heavy atom. The Bertz CT molecular complexity index is 363.